The van der Waals surface area contributed by atoms with Crippen LogP contribution in [0.2, 0.25) is 5.02 Å². The average Bonchev–Trinajstić information content (AvgIpc) is 2.58. The van der Waals surface area contributed by atoms with Gasteiger partial charge in [0.2, 0.25) is 0 Å². The van der Waals surface area contributed by atoms with Crippen molar-refractivity contribution in [2.45, 2.75) is 6.18 Å². The molecule has 2 aromatic rings. The van der Waals surface area contributed by atoms with Gasteiger partial charge in [0.25, 0.3) is 11.6 Å². The minimum Gasteiger partial charge on any atom is -0.382 e. The number of nitrogens with one attached hydrogen (secondary N) is 2. The normalized spacial score (nSPS) is 11.1. The molecule has 0 aromatic heterocycles. The van der Waals surface area contributed by atoms with E-state index in [0.717, 1.165) is 24.3 Å². The summed E-state index contributed by atoms with van der Waals surface area (Å²) in [5, 5.41) is 16.2. The van der Waals surface area contributed by atoms with Crippen LogP contribution in [-0.4, -0.2) is 23.9 Å². The number of benzene rings is 2. The van der Waals surface area contributed by atoms with Gasteiger partial charge in [-0.15, -0.1) is 0 Å². The molecule has 0 unspecified atom stereocenters. The molecule has 6 nitrogen and oxygen atoms in total. The number of anilines is 1. The molecule has 1 amide bonds. The van der Waals surface area contributed by atoms with Crippen molar-refractivity contribution in [3.8, 4) is 0 Å². The number of amides is 1. The molecule has 0 bridgehead atoms. The standard InChI is InChI=1S/C16H13ClF3N3O3/c17-13-9-12(23(25)26)5-6-14(13)21-7-8-22-15(24)10-1-3-11(4-2-10)16(18,19)20/h1-6,9,21H,7-8H2,(H,22,24). The fourth-order valence-corrected chi connectivity index (χ4v) is 2.29. The zero-order valence-electron chi connectivity index (χ0n) is 13.1. The van der Waals surface area contributed by atoms with Gasteiger partial charge in [0.1, 0.15) is 0 Å². The molecule has 10 heteroatoms. The van der Waals surface area contributed by atoms with Gasteiger partial charge >= 0.3 is 6.18 Å². The maximum atomic E-state index is 12.5. The summed E-state index contributed by atoms with van der Waals surface area (Å²) in [6, 6.07) is 7.79. The lowest BCUT2D eigenvalue weighted by Gasteiger charge is -2.10. The summed E-state index contributed by atoms with van der Waals surface area (Å²) in [4.78, 5) is 21.9. The molecular weight excluding hydrogens is 375 g/mol. The summed E-state index contributed by atoms with van der Waals surface area (Å²) >= 11 is 5.92. The van der Waals surface area contributed by atoms with Crippen molar-refractivity contribution in [1.29, 1.82) is 0 Å². The lowest BCUT2D eigenvalue weighted by Crippen LogP contribution is -2.28. The van der Waals surface area contributed by atoms with Crippen LogP contribution in [0.4, 0.5) is 24.5 Å². The second-order valence-corrected chi connectivity index (χ2v) is 5.59. The van der Waals surface area contributed by atoms with E-state index >= 15 is 0 Å². The minimum atomic E-state index is -4.46. The van der Waals surface area contributed by atoms with Crippen LogP contribution in [0.5, 0.6) is 0 Å². The topological polar surface area (TPSA) is 84.3 Å². The third kappa shape index (κ3) is 5.09. The van der Waals surface area contributed by atoms with E-state index in [1.54, 1.807) is 0 Å². The number of alkyl halides is 3. The van der Waals surface area contributed by atoms with Crippen molar-refractivity contribution < 1.29 is 22.9 Å². The van der Waals surface area contributed by atoms with Gasteiger partial charge in [0, 0.05) is 30.8 Å². The number of non-ortho nitro benzene ring substituents is 1. The lowest BCUT2D eigenvalue weighted by molar-refractivity contribution is -0.384. The van der Waals surface area contributed by atoms with Crippen LogP contribution >= 0.6 is 11.6 Å². The number of hydrogen-bond donors (Lipinski definition) is 2. The first kappa shape index (κ1) is 19.5. The highest BCUT2D eigenvalue weighted by atomic mass is 35.5. The highest BCUT2D eigenvalue weighted by Crippen LogP contribution is 2.29. The molecule has 0 radical (unpaired) electrons. The van der Waals surface area contributed by atoms with Crippen LogP contribution in [0.25, 0.3) is 0 Å². The molecule has 2 N–H and O–H groups in total. The third-order valence-electron chi connectivity index (χ3n) is 3.36. The van der Waals surface area contributed by atoms with Crippen LogP contribution in [0, 0.1) is 10.1 Å². The van der Waals surface area contributed by atoms with Gasteiger partial charge < -0.3 is 10.6 Å². The zero-order valence-corrected chi connectivity index (χ0v) is 13.9. The number of carbonyl (C=O) groups is 1. The summed E-state index contributed by atoms with van der Waals surface area (Å²) in [7, 11) is 0. The highest BCUT2D eigenvalue weighted by Gasteiger charge is 2.30. The van der Waals surface area contributed by atoms with E-state index in [4.69, 9.17) is 11.6 Å². The number of carbonyl (C=O) groups excluding carboxylic acids is 1. The predicted octanol–water partition coefficient (Wildman–Crippen LogP) is 4.11. The first-order valence-corrected chi connectivity index (χ1v) is 7.69. The summed E-state index contributed by atoms with van der Waals surface area (Å²) < 4.78 is 37.4. The highest BCUT2D eigenvalue weighted by molar-refractivity contribution is 6.33. The molecule has 0 aliphatic heterocycles. The molecule has 0 aliphatic carbocycles. The molecular formula is C16H13ClF3N3O3. The van der Waals surface area contributed by atoms with Gasteiger partial charge in [-0.2, -0.15) is 13.2 Å². The summed E-state index contributed by atoms with van der Waals surface area (Å²) in [6.07, 6.45) is -4.46. The molecule has 0 saturated heterocycles. The van der Waals surface area contributed by atoms with Gasteiger partial charge in [0.15, 0.2) is 0 Å². The number of nitro groups is 1. The Hall–Kier alpha value is -2.81. The first-order chi connectivity index (χ1) is 12.2. The Balaban J connectivity index is 1.84. The van der Waals surface area contributed by atoms with E-state index < -0.39 is 22.6 Å². The van der Waals surface area contributed by atoms with Gasteiger partial charge in [0.05, 0.1) is 21.2 Å². The van der Waals surface area contributed by atoms with Gasteiger partial charge in [-0.05, 0) is 30.3 Å². The molecule has 2 rings (SSSR count). The number of nitrogens with zero attached hydrogens (tertiary/aromatic N) is 1. The van der Waals surface area contributed by atoms with Crippen molar-refractivity contribution in [2.75, 3.05) is 18.4 Å². The van der Waals surface area contributed by atoms with Crippen LogP contribution in [-0.2, 0) is 6.18 Å². The molecule has 2 aromatic carbocycles. The summed E-state index contributed by atoms with van der Waals surface area (Å²) in [5.41, 5.74) is -0.410. The Morgan fingerprint density at radius 1 is 1.12 bits per heavy atom. The summed E-state index contributed by atoms with van der Waals surface area (Å²) in [5.74, 6) is -0.518. The maximum Gasteiger partial charge on any atom is 0.416 e. The molecule has 0 fully saturated rings. The molecule has 0 saturated carbocycles. The van der Waals surface area contributed by atoms with E-state index in [1.165, 1.54) is 18.2 Å². The van der Waals surface area contributed by atoms with E-state index in [0.29, 0.717) is 5.69 Å². The Bertz CT molecular complexity index is 811. The molecule has 26 heavy (non-hydrogen) atoms. The van der Waals surface area contributed by atoms with Gasteiger partial charge in [-0.25, -0.2) is 0 Å². The Morgan fingerprint density at radius 2 is 1.77 bits per heavy atom. The number of rotatable bonds is 6. The number of halogens is 4. The van der Waals surface area contributed by atoms with E-state index in [1.807, 2.05) is 0 Å². The van der Waals surface area contributed by atoms with Crippen molar-refractivity contribution >= 4 is 28.9 Å². The quantitative estimate of drug-likeness (QED) is 0.444. The predicted molar refractivity (Wildman–Crippen MR) is 90.4 cm³/mol. The van der Waals surface area contributed by atoms with Crippen LogP contribution in [0.3, 0.4) is 0 Å². The van der Waals surface area contributed by atoms with Crippen LogP contribution in [0.15, 0.2) is 42.5 Å². The third-order valence-corrected chi connectivity index (χ3v) is 3.68. The molecule has 138 valence electrons. The fourth-order valence-electron chi connectivity index (χ4n) is 2.05. The molecule has 0 heterocycles. The Kier molecular flexibility index (Phi) is 6.04. The van der Waals surface area contributed by atoms with Gasteiger partial charge in [-0.1, -0.05) is 11.6 Å². The van der Waals surface area contributed by atoms with Gasteiger partial charge in [-0.3, -0.25) is 14.9 Å². The molecule has 0 spiro atoms. The van der Waals surface area contributed by atoms with E-state index in [-0.39, 0.29) is 29.4 Å². The SMILES string of the molecule is O=C(NCCNc1ccc([N+](=O)[O-])cc1Cl)c1ccc(C(F)(F)F)cc1. The second kappa shape index (κ2) is 8.05. The molecule has 0 atom stereocenters. The van der Waals surface area contributed by atoms with Crippen LogP contribution < -0.4 is 10.6 Å². The maximum absolute atomic E-state index is 12.5. The molecule has 0 aliphatic rings. The van der Waals surface area contributed by atoms with E-state index in [2.05, 4.69) is 10.6 Å². The monoisotopic (exact) mass is 387 g/mol. The summed E-state index contributed by atoms with van der Waals surface area (Å²) in [6.45, 7) is 0.442. The Labute approximate surface area is 151 Å². The fraction of sp³-hybridized carbons (Fsp3) is 0.188. The average molecular weight is 388 g/mol. The van der Waals surface area contributed by atoms with Crippen molar-refractivity contribution in [3.63, 3.8) is 0 Å². The van der Waals surface area contributed by atoms with Crippen LogP contribution in [0.1, 0.15) is 15.9 Å². The second-order valence-electron chi connectivity index (χ2n) is 5.18. The first-order valence-electron chi connectivity index (χ1n) is 7.32. The smallest absolute Gasteiger partial charge is 0.382 e. The van der Waals surface area contributed by atoms with Crippen molar-refractivity contribution in [1.82, 2.24) is 5.32 Å². The van der Waals surface area contributed by atoms with Crippen molar-refractivity contribution in [2.24, 2.45) is 0 Å². The minimum absolute atomic E-state index is 0.103. The Morgan fingerprint density at radius 3 is 2.31 bits per heavy atom. The lowest BCUT2D eigenvalue weighted by atomic mass is 10.1. The van der Waals surface area contributed by atoms with E-state index in [9.17, 15) is 28.1 Å². The van der Waals surface area contributed by atoms with Crippen molar-refractivity contribution in [3.05, 3.63) is 68.7 Å². The largest absolute Gasteiger partial charge is 0.416 e. The zero-order chi connectivity index (χ0) is 19.3. The number of nitro benzene ring substituents is 1. The number of hydrogen-bond acceptors (Lipinski definition) is 4.